The van der Waals surface area contributed by atoms with Crippen LogP contribution < -0.4 is 14.4 Å². The van der Waals surface area contributed by atoms with E-state index in [-0.39, 0.29) is 60.7 Å². The summed E-state index contributed by atoms with van der Waals surface area (Å²) >= 11 is 0. The molecule has 0 aromatic carbocycles. The first kappa shape index (κ1) is 29.9. The van der Waals surface area contributed by atoms with Crippen molar-refractivity contribution in [3.63, 3.8) is 0 Å². The highest BCUT2D eigenvalue weighted by atomic mass is 32.2. The third-order valence-electron chi connectivity index (χ3n) is 6.79. The predicted octanol–water partition coefficient (Wildman–Crippen LogP) is 1.08. The number of sulfone groups is 1. The molecule has 2 aliphatic heterocycles. The summed E-state index contributed by atoms with van der Waals surface area (Å²) in [5.74, 6) is -0.245. The maximum absolute atomic E-state index is 14.1. The molecule has 3 aromatic heterocycles. The van der Waals surface area contributed by atoms with Gasteiger partial charge < -0.3 is 28.6 Å². The number of hydrogen-bond acceptors (Lipinski definition) is 14. The Balaban J connectivity index is 1.53. The highest BCUT2D eigenvalue weighted by Crippen LogP contribution is 2.34. The van der Waals surface area contributed by atoms with Crippen LogP contribution in [0.2, 0.25) is 0 Å². The second-order valence-corrected chi connectivity index (χ2v) is 12.3. The number of methoxy groups -OCH3 is 2. The Labute approximate surface area is 242 Å². The van der Waals surface area contributed by atoms with E-state index in [0.29, 0.717) is 19.8 Å². The van der Waals surface area contributed by atoms with Gasteiger partial charge in [0, 0.05) is 13.1 Å². The molecule has 0 N–H and O–H groups in total. The van der Waals surface area contributed by atoms with Gasteiger partial charge >= 0.3 is 0 Å². The molecule has 15 nitrogen and oxygen atoms in total. The van der Waals surface area contributed by atoms with Crippen LogP contribution in [0.25, 0.3) is 5.69 Å². The molecule has 5 heterocycles. The van der Waals surface area contributed by atoms with Gasteiger partial charge in [-0.2, -0.15) is 9.97 Å². The Kier molecular flexibility index (Phi) is 9.10. The van der Waals surface area contributed by atoms with Crippen LogP contribution in [-0.2, 0) is 29.8 Å². The van der Waals surface area contributed by atoms with Crippen molar-refractivity contribution in [2.24, 2.45) is 0 Å². The second kappa shape index (κ2) is 12.8. The van der Waals surface area contributed by atoms with Crippen molar-refractivity contribution < 1.29 is 36.5 Å². The van der Waals surface area contributed by atoms with E-state index in [9.17, 15) is 12.8 Å². The largest absolute Gasteiger partial charge is 0.479 e. The fraction of sp³-hybridized carbons (Fsp3) is 0.600. The minimum atomic E-state index is -3.91. The molecule has 0 bridgehead atoms. The summed E-state index contributed by atoms with van der Waals surface area (Å²) in [4.78, 5) is 18.2. The Bertz CT molecular complexity index is 1450. The normalized spacial score (nSPS) is 21.5. The van der Waals surface area contributed by atoms with Crippen LogP contribution in [0.4, 0.5) is 10.3 Å². The summed E-state index contributed by atoms with van der Waals surface area (Å²) in [6.45, 7) is 5.11. The molecule has 3 atom stereocenters. The van der Waals surface area contributed by atoms with E-state index in [1.165, 1.54) is 25.1 Å². The molecule has 0 spiro atoms. The third-order valence-corrected chi connectivity index (χ3v) is 8.81. The average molecular weight is 609 g/mol. The summed E-state index contributed by atoms with van der Waals surface area (Å²) in [5.41, 5.74) is 0.230. The smallest absolute Gasteiger partial charge is 0.245 e. The van der Waals surface area contributed by atoms with E-state index >= 15 is 0 Å². The predicted molar refractivity (Wildman–Crippen MR) is 145 cm³/mol. The first-order valence-corrected chi connectivity index (χ1v) is 15.1. The molecule has 228 valence electrons. The summed E-state index contributed by atoms with van der Waals surface area (Å²) in [6, 6.07) is 0. The fourth-order valence-electron chi connectivity index (χ4n) is 5.03. The van der Waals surface area contributed by atoms with E-state index < -0.39 is 38.9 Å². The summed E-state index contributed by atoms with van der Waals surface area (Å²) in [7, 11) is -1.06. The van der Waals surface area contributed by atoms with Gasteiger partial charge in [-0.1, -0.05) is 0 Å². The molecule has 0 unspecified atom stereocenters. The second-order valence-electron chi connectivity index (χ2n) is 10.1. The fourth-order valence-corrected chi connectivity index (χ4v) is 6.73. The monoisotopic (exact) mass is 608 g/mol. The van der Waals surface area contributed by atoms with Gasteiger partial charge in [-0.25, -0.2) is 22.8 Å². The lowest BCUT2D eigenvalue weighted by atomic mass is 10.1. The molecule has 5 rings (SSSR count). The molecular weight excluding hydrogens is 575 g/mol. The highest BCUT2D eigenvalue weighted by molar-refractivity contribution is 7.91. The quantitative estimate of drug-likeness (QED) is 0.321. The number of rotatable bonds is 10. The highest BCUT2D eigenvalue weighted by Gasteiger charge is 2.39. The molecule has 2 aliphatic rings. The van der Waals surface area contributed by atoms with Crippen LogP contribution in [0.5, 0.6) is 11.8 Å². The zero-order valence-electron chi connectivity index (χ0n) is 23.7. The molecule has 17 heteroatoms. The number of aromatic nitrogens is 7. The maximum atomic E-state index is 14.1. The SMILES string of the molecule is COc1ncnc(OC)c1-n1c(CS(=O)(=O)[C@H]2C[C@@H](OC(C)C)CN(c3ncc(F)cn3)C2)nnc1[C@H]1COCCO1. The number of hydrogen-bond donors (Lipinski definition) is 0. The van der Waals surface area contributed by atoms with Crippen molar-refractivity contribution in [1.82, 2.24) is 34.7 Å². The molecule has 0 amide bonds. The molecule has 0 aliphatic carbocycles. The Morgan fingerprint density at radius 3 is 2.38 bits per heavy atom. The van der Waals surface area contributed by atoms with Crippen molar-refractivity contribution in [2.75, 3.05) is 52.0 Å². The number of piperidine rings is 1. The number of halogens is 1. The molecule has 3 aromatic rings. The van der Waals surface area contributed by atoms with Gasteiger partial charge in [-0.15, -0.1) is 10.2 Å². The molecule has 0 radical (unpaired) electrons. The van der Waals surface area contributed by atoms with E-state index in [1.54, 1.807) is 4.90 Å². The van der Waals surface area contributed by atoms with E-state index in [0.717, 1.165) is 12.4 Å². The lowest BCUT2D eigenvalue weighted by molar-refractivity contribution is -0.0942. The zero-order chi connectivity index (χ0) is 29.9. The number of anilines is 1. The lowest BCUT2D eigenvalue weighted by Gasteiger charge is -2.38. The molecule has 2 saturated heterocycles. The molecule has 42 heavy (non-hydrogen) atoms. The molecule has 0 saturated carbocycles. The van der Waals surface area contributed by atoms with Gasteiger partial charge in [0.1, 0.15) is 18.2 Å². The van der Waals surface area contributed by atoms with Crippen LogP contribution in [0, 0.1) is 5.82 Å². The third kappa shape index (κ3) is 6.43. The van der Waals surface area contributed by atoms with E-state index in [4.69, 9.17) is 23.7 Å². The number of ether oxygens (including phenoxy) is 5. The van der Waals surface area contributed by atoms with Crippen molar-refractivity contribution >= 4 is 15.8 Å². The Morgan fingerprint density at radius 2 is 1.76 bits per heavy atom. The maximum Gasteiger partial charge on any atom is 0.245 e. The summed E-state index contributed by atoms with van der Waals surface area (Å²) in [5, 5.41) is 7.69. The van der Waals surface area contributed by atoms with Crippen LogP contribution in [0.15, 0.2) is 18.7 Å². The van der Waals surface area contributed by atoms with Crippen molar-refractivity contribution in [3.05, 3.63) is 36.2 Å². The Hall–Kier alpha value is -3.54. The minimum absolute atomic E-state index is 0.0770. The van der Waals surface area contributed by atoms with Crippen LogP contribution in [0.3, 0.4) is 0 Å². The van der Waals surface area contributed by atoms with Crippen LogP contribution >= 0.6 is 0 Å². The Morgan fingerprint density at radius 1 is 1.05 bits per heavy atom. The lowest BCUT2D eigenvalue weighted by Crippen LogP contribution is -2.51. The van der Waals surface area contributed by atoms with Gasteiger partial charge in [0.2, 0.25) is 17.7 Å². The average Bonchev–Trinajstić information content (AvgIpc) is 3.39. The topological polar surface area (TPSA) is 166 Å². The van der Waals surface area contributed by atoms with Gasteiger partial charge in [-0.3, -0.25) is 4.57 Å². The summed E-state index contributed by atoms with van der Waals surface area (Å²) in [6.07, 6.45) is 2.38. The van der Waals surface area contributed by atoms with Crippen LogP contribution in [0.1, 0.15) is 38.0 Å². The van der Waals surface area contributed by atoms with Gasteiger partial charge in [0.25, 0.3) is 0 Å². The van der Waals surface area contributed by atoms with Crippen molar-refractivity contribution in [2.45, 2.75) is 49.6 Å². The van der Waals surface area contributed by atoms with Gasteiger partial charge in [-0.05, 0) is 20.3 Å². The van der Waals surface area contributed by atoms with Crippen molar-refractivity contribution in [1.29, 1.82) is 0 Å². The standard InChI is InChI=1S/C25H33FN8O7S/c1-15(2)41-17-7-18(11-33(10-17)25-27-8-16(26)9-28-25)42(35,36)13-20-31-32-22(19-12-39-5-6-40-19)34(20)21-23(37-3)29-14-30-24(21)38-4/h8-9,14-15,17-19H,5-7,10-13H2,1-4H3/t17-,18+,19-/m1/s1. The van der Waals surface area contributed by atoms with E-state index in [1.807, 2.05) is 13.8 Å². The van der Waals surface area contributed by atoms with Gasteiger partial charge in [0.05, 0.1) is 63.9 Å². The minimum Gasteiger partial charge on any atom is -0.479 e. The first-order valence-electron chi connectivity index (χ1n) is 13.4. The zero-order valence-corrected chi connectivity index (χ0v) is 24.5. The molecular formula is C25H33FN8O7S. The van der Waals surface area contributed by atoms with Crippen molar-refractivity contribution in [3.8, 4) is 17.4 Å². The van der Waals surface area contributed by atoms with Crippen LogP contribution in [-0.4, -0.2) is 108 Å². The number of nitrogens with zero attached hydrogens (tertiary/aromatic N) is 8. The van der Waals surface area contributed by atoms with E-state index in [2.05, 4.69) is 30.1 Å². The molecule has 2 fully saturated rings. The van der Waals surface area contributed by atoms with Gasteiger partial charge in [0.15, 0.2) is 33.0 Å². The summed E-state index contributed by atoms with van der Waals surface area (Å²) < 4.78 is 71.6. The first-order chi connectivity index (χ1) is 20.2.